The SMILES string of the molecule is Cc1cc(C)c(-c2c3ccccc3c(-c3ccc(N(c4ccccc4)c4ccc(-c5ccc(N(c6ccccc6)c6ccccc6)cc5)cc4)cc3)c3ccccc23)c(C)c1.FC(F)(F)c1ccc(-c2c3ccccc3c(-c3ccc(N(c4ccccc4)c4ccc(-c5ccc(N(c6ccccc6)c6ccccc6)cc5)cc4)cc3)c3ccccc23)cc1. The number of para-hydroxylation sites is 6. The van der Waals surface area contributed by atoms with Crippen molar-refractivity contribution in [2.75, 3.05) is 19.6 Å². The van der Waals surface area contributed by atoms with Gasteiger partial charge in [0.05, 0.1) is 5.56 Å². The summed E-state index contributed by atoms with van der Waals surface area (Å²) in [5.74, 6) is 0. The smallest absolute Gasteiger partial charge is 0.311 e. The molecule has 0 heterocycles. The van der Waals surface area contributed by atoms with Gasteiger partial charge in [0.15, 0.2) is 0 Å². The van der Waals surface area contributed by atoms with E-state index in [0.717, 1.165) is 123 Å². The summed E-state index contributed by atoms with van der Waals surface area (Å²) in [5, 5.41) is 9.11. The van der Waals surface area contributed by atoms with E-state index in [1.54, 1.807) is 12.1 Å². The monoisotopic (exact) mass is 1590 g/mol. The van der Waals surface area contributed by atoms with Gasteiger partial charge in [-0.1, -0.05) is 309 Å². The Balaban J connectivity index is 0.000000162. The van der Waals surface area contributed by atoms with E-state index in [1.165, 1.54) is 83.7 Å². The summed E-state index contributed by atoms with van der Waals surface area (Å²) in [6, 6.07) is 160. The molecule has 0 aliphatic carbocycles. The molecule has 4 nitrogen and oxygen atoms in total. The van der Waals surface area contributed by atoms with E-state index in [9.17, 15) is 13.2 Å². The number of rotatable bonds is 18. The van der Waals surface area contributed by atoms with Crippen LogP contribution in [-0.4, -0.2) is 0 Å². The molecule has 0 fully saturated rings. The van der Waals surface area contributed by atoms with Crippen molar-refractivity contribution in [1.82, 2.24) is 0 Å². The van der Waals surface area contributed by atoms with Crippen LogP contribution in [0.25, 0.3) is 110 Å². The Kier molecular flexibility index (Phi) is 21.4. The molecule has 0 saturated carbocycles. The van der Waals surface area contributed by atoms with Crippen LogP contribution in [0.15, 0.2) is 461 Å². The molecule has 0 amide bonds. The first-order valence-corrected chi connectivity index (χ1v) is 41.7. The fourth-order valence-electron chi connectivity index (χ4n) is 17.9. The summed E-state index contributed by atoms with van der Waals surface area (Å²) in [6.45, 7) is 6.69. The molecule has 123 heavy (non-hydrogen) atoms. The van der Waals surface area contributed by atoms with Crippen molar-refractivity contribution in [2.45, 2.75) is 26.9 Å². The molecule has 0 N–H and O–H groups in total. The Morgan fingerprint density at radius 3 is 0.520 bits per heavy atom. The highest BCUT2D eigenvalue weighted by Crippen LogP contribution is 2.50. The van der Waals surface area contributed by atoms with Gasteiger partial charge in [0, 0.05) is 68.2 Å². The van der Waals surface area contributed by atoms with E-state index < -0.39 is 11.7 Å². The highest BCUT2D eigenvalue weighted by molar-refractivity contribution is 6.23. The summed E-state index contributed by atoms with van der Waals surface area (Å²) in [6.07, 6.45) is -4.40. The van der Waals surface area contributed by atoms with E-state index in [4.69, 9.17) is 0 Å². The summed E-state index contributed by atoms with van der Waals surface area (Å²) < 4.78 is 40.6. The molecule has 20 aromatic carbocycles. The van der Waals surface area contributed by atoms with E-state index in [-0.39, 0.29) is 0 Å². The third kappa shape index (κ3) is 15.6. The molecule has 20 aromatic rings. The maximum atomic E-state index is 13.5. The van der Waals surface area contributed by atoms with Gasteiger partial charge in [0.25, 0.3) is 0 Å². The maximum absolute atomic E-state index is 13.5. The molecule has 0 aliphatic heterocycles. The van der Waals surface area contributed by atoms with Gasteiger partial charge in [-0.15, -0.1) is 0 Å². The first-order chi connectivity index (χ1) is 60.4. The van der Waals surface area contributed by atoms with E-state index in [2.05, 4.69) is 435 Å². The normalized spacial score (nSPS) is 11.3. The second kappa shape index (κ2) is 34.0. The van der Waals surface area contributed by atoms with Crippen LogP contribution in [0, 0.1) is 20.8 Å². The van der Waals surface area contributed by atoms with Crippen LogP contribution in [0.4, 0.5) is 81.4 Å². The van der Waals surface area contributed by atoms with Gasteiger partial charge in [0.2, 0.25) is 0 Å². The van der Waals surface area contributed by atoms with Crippen molar-refractivity contribution in [3.8, 4) is 66.8 Å². The minimum atomic E-state index is -4.40. The highest BCUT2D eigenvalue weighted by Gasteiger charge is 2.31. The average molecular weight is 1590 g/mol. The van der Waals surface area contributed by atoms with Crippen molar-refractivity contribution in [3.05, 3.63) is 483 Å². The molecule has 0 bridgehead atoms. The van der Waals surface area contributed by atoms with Crippen LogP contribution < -0.4 is 19.6 Å². The van der Waals surface area contributed by atoms with Crippen molar-refractivity contribution in [3.63, 3.8) is 0 Å². The third-order valence-electron chi connectivity index (χ3n) is 23.4. The lowest BCUT2D eigenvalue weighted by Crippen LogP contribution is -2.09. The largest absolute Gasteiger partial charge is 0.416 e. The lowest BCUT2D eigenvalue weighted by molar-refractivity contribution is -0.137. The Labute approximate surface area is 716 Å². The third-order valence-corrected chi connectivity index (χ3v) is 23.4. The minimum absolute atomic E-state index is 0.660. The fraction of sp³-hybridized carbons (Fsp3) is 0.0345. The van der Waals surface area contributed by atoms with Crippen molar-refractivity contribution in [1.29, 1.82) is 0 Å². The Morgan fingerprint density at radius 2 is 0.325 bits per heavy atom. The predicted octanol–water partition coefficient (Wildman–Crippen LogP) is 33.8. The van der Waals surface area contributed by atoms with Gasteiger partial charge in [-0.25, -0.2) is 0 Å². The first kappa shape index (κ1) is 77.3. The average Bonchev–Trinajstić information content (AvgIpc) is 0.715. The van der Waals surface area contributed by atoms with Gasteiger partial charge in [-0.3, -0.25) is 0 Å². The molecule has 0 atom stereocenters. The maximum Gasteiger partial charge on any atom is 0.416 e. The van der Waals surface area contributed by atoms with Crippen LogP contribution >= 0.6 is 0 Å². The molecule has 20 rings (SSSR count). The van der Waals surface area contributed by atoms with Gasteiger partial charge < -0.3 is 19.6 Å². The Morgan fingerprint density at radius 1 is 0.163 bits per heavy atom. The quantitative estimate of drug-likeness (QED) is 0.0794. The Hall–Kier alpha value is -15.6. The fourth-order valence-corrected chi connectivity index (χ4v) is 17.9. The molecule has 0 radical (unpaired) electrons. The van der Waals surface area contributed by atoms with Gasteiger partial charge in [-0.2, -0.15) is 13.2 Å². The zero-order valence-corrected chi connectivity index (χ0v) is 68.3. The van der Waals surface area contributed by atoms with Crippen LogP contribution in [0.3, 0.4) is 0 Å². The first-order valence-electron chi connectivity index (χ1n) is 41.7. The zero-order chi connectivity index (χ0) is 83.3. The molecule has 590 valence electrons. The molecule has 0 aromatic heterocycles. The molecule has 0 aliphatic rings. The van der Waals surface area contributed by atoms with Crippen LogP contribution in [0.2, 0.25) is 0 Å². The number of fused-ring (bicyclic) bond motifs is 4. The zero-order valence-electron chi connectivity index (χ0n) is 68.3. The number of nitrogens with zero attached hydrogens (tertiary/aromatic N) is 4. The number of hydrogen-bond acceptors (Lipinski definition) is 4. The summed E-state index contributed by atoms with van der Waals surface area (Å²) in [4.78, 5) is 9.16. The van der Waals surface area contributed by atoms with Gasteiger partial charge in [-0.05, 0) is 299 Å². The predicted molar refractivity (Wildman–Crippen MR) is 513 cm³/mol. The van der Waals surface area contributed by atoms with Crippen LogP contribution in [0.5, 0.6) is 0 Å². The van der Waals surface area contributed by atoms with Crippen molar-refractivity contribution in [2.24, 2.45) is 0 Å². The molecule has 0 saturated heterocycles. The number of anilines is 12. The molecule has 0 unspecified atom stereocenters. The van der Waals surface area contributed by atoms with E-state index >= 15 is 0 Å². The van der Waals surface area contributed by atoms with Gasteiger partial charge in [0.1, 0.15) is 0 Å². The number of alkyl halides is 3. The topological polar surface area (TPSA) is 13.0 Å². The van der Waals surface area contributed by atoms with Gasteiger partial charge >= 0.3 is 6.18 Å². The van der Waals surface area contributed by atoms with Crippen molar-refractivity contribution < 1.29 is 13.2 Å². The summed E-state index contributed by atoms with van der Waals surface area (Å²) in [7, 11) is 0. The van der Waals surface area contributed by atoms with Crippen LogP contribution in [-0.2, 0) is 6.18 Å². The molecule has 7 heteroatoms. The number of hydrogen-bond donors (Lipinski definition) is 0. The summed E-state index contributed by atoms with van der Waals surface area (Å²) in [5.41, 5.74) is 29.8. The Bertz CT molecular complexity index is 6880. The number of halogens is 3. The lowest BCUT2D eigenvalue weighted by Gasteiger charge is -2.26. The second-order valence-corrected chi connectivity index (χ2v) is 31.2. The standard InChI is InChI=1S/C59H46N2.C57H39F3N2/c1-41-39-42(2)57(43(3)40-41)59-55-25-15-13-23-53(55)58(54-24-14-16-26-56(54)59)46-31-37-52(38-32-46)61(49-21-11-6-12-22-49)51-35-29-45(30-36-51)44-27-33-50(34-28-44)60(47-17-7-4-8-18-47)48-19-9-5-10-20-48;58-57(59,60)44-32-24-42(25-33-44)55-51-20-10-12-22-53(51)56(54-23-13-11-21-52(54)55)43-30-38-50(39-31-43)62(47-18-8-3-9-19-47)49-36-28-41(29-37-49)40-26-34-48(35-27-40)61(45-14-4-1-5-15-45)46-16-6-2-7-17-46/h4-40H,1-3H3;1-39H. The molecule has 0 spiro atoms. The number of benzene rings is 20. The lowest BCUT2D eigenvalue weighted by atomic mass is 9.83. The van der Waals surface area contributed by atoms with E-state index in [0.29, 0.717) is 0 Å². The molecular formula is C116H85F3N4. The minimum Gasteiger partial charge on any atom is -0.311 e. The van der Waals surface area contributed by atoms with E-state index in [1.807, 2.05) is 42.5 Å². The summed E-state index contributed by atoms with van der Waals surface area (Å²) >= 11 is 0. The van der Waals surface area contributed by atoms with Crippen molar-refractivity contribution >= 4 is 111 Å². The number of aryl methyl sites for hydroxylation is 3. The second-order valence-electron chi connectivity index (χ2n) is 31.2. The highest BCUT2D eigenvalue weighted by atomic mass is 19.4. The van der Waals surface area contributed by atoms with Crippen LogP contribution in [0.1, 0.15) is 22.3 Å². The molecular weight excluding hydrogens is 1510 g/mol.